The fourth-order valence-electron chi connectivity index (χ4n) is 4.36. The third-order valence-corrected chi connectivity index (χ3v) is 10.2. The Morgan fingerprint density at radius 2 is 1.58 bits per heavy atom. The molecule has 0 saturated heterocycles. The average Bonchev–Trinajstić information content (AvgIpc) is 3.08. The first-order valence-corrected chi connectivity index (χ1v) is 12.4. The van der Waals surface area contributed by atoms with Crippen molar-refractivity contribution in [2.24, 2.45) is 0 Å². The van der Waals surface area contributed by atoms with E-state index in [1.165, 1.54) is 0 Å². The molecule has 0 aliphatic carbocycles. The molecule has 3 aromatic rings. The summed E-state index contributed by atoms with van der Waals surface area (Å²) in [5.74, 6) is 1.61. The van der Waals surface area contributed by atoms with Crippen molar-refractivity contribution in [3.8, 4) is 22.6 Å². The fourth-order valence-corrected chi connectivity index (χ4v) is 7.45. The minimum atomic E-state index is -2.80. The zero-order chi connectivity index (χ0) is 22.4. The van der Waals surface area contributed by atoms with Crippen LogP contribution in [0.3, 0.4) is 0 Å². The number of nitrogens with zero attached hydrogens (tertiary/aromatic N) is 1. The van der Waals surface area contributed by atoms with Gasteiger partial charge in [0.25, 0.3) is 0 Å². The van der Waals surface area contributed by atoms with Crippen molar-refractivity contribution in [3.63, 3.8) is 0 Å². The van der Waals surface area contributed by atoms with Crippen molar-refractivity contribution < 1.29 is 14.0 Å². The highest BCUT2D eigenvalue weighted by Gasteiger charge is 2.48. The molecule has 1 aliphatic heterocycles. The number of ether oxygens (including phenoxy) is 2. The second-order valence-electron chi connectivity index (χ2n) is 9.00. The van der Waals surface area contributed by atoms with Gasteiger partial charge < -0.3 is 18.9 Å². The van der Waals surface area contributed by atoms with Crippen molar-refractivity contribution in [1.82, 2.24) is 0 Å². The Labute approximate surface area is 185 Å². The molecular weight excluding hydrogens is 405 g/mol. The van der Waals surface area contributed by atoms with Gasteiger partial charge >= 0.3 is 0 Å². The van der Waals surface area contributed by atoms with E-state index in [9.17, 15) is 4.57 Å². The van der Waals surface area contributed by atoms with Crippen molar-refractivity contribution in [2.45, 2.75) is 32.9 Å². The number of fused-ring (bicyclic) bond motifs is 1. The fraction of sp³-hybridized carbons (Fsp3) is 0.308. The number of aryl methyl sites for hydroxylation is 1. The monoisotopic (exact) mass is 435 g/mol. The molecule has 0 fully saturated rings. The lowest BCUT2D eigenvalue weighted by atomic mass is 9.98. The summed E-state index contributed by atoms with van der Waals surface area (Å²) in [4.78, 5) is 2.19. The van der Waals surface area contributed by atoms with E-state index in [0.717, 1.165) is 44.9 Å². The maximum absolute atomic E-state index is 14.8. The Balaban J connectivity index is 2.00. The zero-order valence-corrected chi connectivity index (χ0v) is 20.0. The van der Waals surface area contributed by atoms with Crippen LogP contribution in [0.25, 0.3) is 11.1 Å². The van der Waals surface area contributed by atoms with Gasteiger partial charge in [0.1, 0.15) is 18.6 Å². The van der Waals surface area contributed by atoms with Crippen molar-refractivity contribution in [1.29, 1.82) is 0 Å². The van der Waals surface area contributed by atoms with Crippen LogP contribution < -0.4 is 19.7 Å². The molecule has 0 amide bonds. The van der Waals surface area contributed by atoms with Crippen LogP contribution in [0.2, 0.25) is 0 Å². The molecule has 3 aromatic carbocycles. The Hall–Kier alpha value is -2.71. The second-order valence-corrected chi connectivity index (χ2v) is 12.6. The van der Waals surface area contributed by atoms with Crippen LogP contribution in [0.1, 0.15) is 26.3 Å². The number of benzene rings is 3. The molecule has 4 rings (SSSR count). The van der Waals surface area contributed by atoms with E-state index in [2.05, 4.69) is 56.9 Å². The quantitative estimate of drug-likeness (QED) is 0.434. The third-order valence-electron chi connectivity index (χ3n) is 6.20. The minimum Gasteiger partial charge on any atom is -0.497 e. The number of rotatable bonds is 4. The lowest BCUT2D eigenvalue weighted by molar-refractivity contribution is 0.415. The molecule has 5 heteroatoms. The largest absolute Gasteiger partial charge is 0.497 e. The Bertz CT molecular complexity index is 1160. The highest BCUT2D eigenvalue weighted by atomic mass is 31.2. The summed E-state index contributed by atoms with van der Waals surface area (Å²) in [6.07, 6.45) is 0.476. The van der Waals surface area contributed by atoms with Crippen LogP contribution in [-0.4, -0.2) is 25.7 Å². The van der Waals surface area contributed by atoms with Gasteiger partial charge in [0.05, 0.1) is 26.2 Å². The molecule has 0 bridgehead atoms. The third kappa shape index (κ3) is 3.43. The van der Waals surface area contributed by atoms with Crippen molar-refractivity contribution in [2.75, 3.05) is 25.4 Å². The molecule has 1 unspecified atom stereocenters. The highest BCUT2D eigenvalue weighted by Crippen LogP contribution is 2.65. The van der Waals surface area contributed by atoms with Crippen molar-refractivity contribution in [3.05, 3.63) is 66.2 Å². The zero-order valence-electron chi connectivity index (χ0n) is 19.1. The molecule has 4 nitrogen and oxygen atoms in total. The molecular formula is C26H30NO3P. The SMILES string of the molecule is COc1ccc(N2CP(=O)(C(C)(C)C)c3c(-c4c(C)cccc4OC)cccc32)cc1. The molecule has 1 atom stereocenters. The molecule has 0 spiro atoms. The molecule has 0 radical (unpaired) electrons. The van der Waals surface area contributed by atoms with Gasteiger partial charge in [0, 0.05) is 21.7 Å². The normalized spacial score (nSPS) is 18.1. The van der Waals surface area contributed by atoms with E-state index in [4.69, 9.17) is 9.47 Å². The maximum Gasteiger partial charge on any atom is 0.141 e. The van der Waals surface area contributed by atoms with Crippen molar-refractivity contribution >= 4 is 23.8 Å². The van der Waals surface area contributed by atoms with Crippen LogP contribution in [0.5, 0.6) is 11.5 Å². The Kier molecular flexibility index (Phi) is 5.39. The molecule has 0 saturated carbocycles. The smallest absolute Gasteiger partial charge is 0.141 e. The first-order valence-electron chi connectivity index (χ1n) is 10.5. The summed E-state index contributed by atoms with van der Waals surface area (Å²) >= 11 is 0. The van der Waals surface area contributed by atoms with Crippen LogP contribution in [0.4, 0.5) is 11.4 Å². The van der Waals surface area contributed by atoms with E-state index < -0.39 is 7.14 Å². The van der Waals surface area contributed by atoms with Gasteiger partial charge in [-0.05, 0) is 54.4 Å². The van der Waals surface area contributed by atoms with E-state index in [0.29, 0.717) is 6.29 Å². The summed E-state index contributed by atoms with van der Waals surface area (Å²) in [5.41, 5.74) is 5.14. The van der Waals surface area contributed by atoms with Crippen LogP contribution in [0, 0.1) is 6.92 Å². The number of hydrogen-bond acceptors (Lipinski definition) is 4. The topological polar surface area (TPSA) is 38.8 Å². The Morgan fingerprint density at radius 3 is 2.19 bits per heavy atom. The number of methoxy groups -OCH3 is 2. The molecule has 1 heterocycles. The van der Waals surface area contributed by atoms with Gasteiger partial charge in [-0.25, -0.2) is 0 Å². The summed E-state index contributed by atoms with van der Waals surface area (Å²) in [6, 6.07) is 20.2. The van der Waals surface area contributed by atoms with Crippen LogP contribution >= 0.6 is 7.14 Å². The number of anilines is 2. The van der Waals surface area contributed by atoms with E-state index in [1.807, 2.05) is 36.4 Å². The standard InChI is InChI=1S/C26H30NO3P/c1-18-9-7-12-23(30-6)24(18)21-10-8-11-22-25(21)31(28,26(2,3)4)17-27(22)19-13-15-20(29-5)16-14-19/h7-16H,17H2,1-6H3. The van der Waals surface area contributed by atoms with Gasteiger partial charge in [-0.1, -0.05) is 45.0 Å². The Morgan fingerprint density at radius 1 is 0.903 bits per heavy atom. The average molecular weight is 436 g/mol. The first-order chi connectivity index (χ1) is 14.7. The van der Waals surface area contributed by atoms with Crippen LogP contribution in [-0.2, 0) is 4.57 Å². The van der Waals surface area contributed by atoms with E-state index >= 15 is 0 Å². The minimum absolute atomic E-state index is 0.380. The summed E-state index contributed by atoms with van der Waals surface area (Å²) < 4.78 is 25.8. The second kappa shape index (κ2) is 7.76. The van der Waals surface area contributed by atoms with Gasteiger partial charge in [-0.3, -0.25) is 0 Å². The van der Waals surface area contributed by atoms with E-state index in [1.54, 1.807) is 14.2 Å². The highest BCUT2D eigenvalue weighted by molar-refractivity contribution is 7.74. The van der Waals surface area contributed by atoms with Crippen LogP contribution in [0.15, 0.2) is 60.7 Å². The summed E-state index contributed by atoms with van der Waals surface area (Å²) in [6.45, 7) is 8.33. The first kappa shape index (κ1) is 21.5. The van der Waals surface area contributed by atoms with Gasteiger partial charge in [-0.2, -0.15) is 0 Å². The number of hydrogen-bond donors (Lipinski definition) is 0. The summed E-state index contributed by atoms with van der Waals surface area (Å²) in [7, 11) is 0.553. The molecule has 0 aromatic heterocycles. The predicted molar refractivity (Wildman–Crippen MR) is 130 cm³/mol. The van der Waals surface area contributed by atoms with E-state index in [-0.39, 0.29) is 5.16 Å². The van der Waals surface area contributed by atoms with Gasteiger partial charge in [-0.15, -0.1) is 0 Å². The molecule has 162 valence electrons. The molecule has 1 aliphatic rings. The lowest BCUT2D eigenvalue weighted by Crippen LogP contribution is -2.24. The van der Waals surface area contributed by atoms with Gasteiger partial charge in [0.2, 0.25) is 0 Å². The predicted octanol–water partition coefficient (Wildman–Crippen LogP) is 6.58. The maximum atomic E-state index is 14.8. The summed E-state index contributed by atoms with van der Waals surface area (Å²) in [5, 5.41) is 0.570. The molecule has 0 N–H and O–H groups in total. The lowest BCUT2D eigenvalue weighted by Gasteiger charge is -2.30. The molecule has 31 heavy (non-hydrogen) atoms. The van der Waals surface area contributed by atoms with Gasteiger partial charge in [0.15, 0.2) is 0 Å².